The average Bonchev–Trinajstić information content (AvgIpc) is 2.76. The van der Waals surface area contributed by atoms with E-state index in [1.165, 1.54) is 0 Å². The van der Waals surface area contributed by atoms with Gasteiger partial charge in [-0.15, -0.1) is 0 Å². The Morgan fingerprint density at radius 2 is 1.67 bits per heavy atom. The number of aryl methyl sites for hydroxylation is 2. The Balaban J connectivity index is 2.06. The summed E-state index contributed by atoms with van der Waals surface area (Å²) in [6, 6.07) is 19.5. The van der Waals surface area contributed by atoms with E-state index in [9.17, 15) is 10.1 Å². The van der Waals surface area contributed by atoms with Crippen LogP contribution < -0.4 is 9.47 Å². The van der Waals surface area contributed by atoms with Crippen molar-refractivity contribution in [2.45, 2.75) is 19.8 Å². The van der Waals surface area contributed by atoms with Crippen LogP contribution in [0.4, 0.5) is 0 Å². The van der Waals surface area contributed by atoms with Crippen LogP contribution in [-0.2, 0) is 11.2 Å². The zero-order chi connectivity index (χ0) is 21.7. The van der Waals surface area contributed by atoms with Crippen molar-refractivity contribution in [2.75, 3.05) is 14.2 Å². The summed E-state index contributed by atoms with van der Waals surface area (Å²) < 4.78 is 10.6. The summed E-state index contributed by atoms with van der Waals surface area (Å²) in [7, 11) is 3.21. The summed E-state index contributed by atoms with van der Waals surface area (Å²) in [6.45, 7) is 1.97. The molecule has 0 radical (unpaired) electrons. The first-order chi connectivity index (χ1) is 14.5. The lowest BCUT2D eigenvalue weighted by Gasteiger charge is -2.14. The molecule has 0 heterocycles. The molecule has 0 amide bonds. The van der Waals surface area contributed by atoms with E-state index in [0.29, 0.717) is 17.7 Å². The maximum atomic E-state index is 11.1. The van der Waals surface area contributed by atoms with E-state index in [2.05, 4.69) is 6.07 Å². The summed E-state index contributed by atoms with van der Waals surface area (Å²) in [5.74, 6) is 0.617. The lowest BCUT2D eigenvalue weighted by atomic mass is 9.91. The van der Waals surface area contributed by atoms with Crippen molar-refractivity contribution in [1.29, 1.82) is 5.26 Å². The summed E-state index contributed by atoms with van der Waals surface area (Å²) >= 11 is 0. The van der Waals surface area contributed by atoms with Crippen LogP contribution in [0.25, 0.3) is 22.3 Å². The van der Waals surface area contributed by atoms with Crippen LogP contribution in [0.3, 0.4) is 0 Å². The zero-order valence-corrected chi connectivity index (χ0v) is 17.2. The average molecular weight is 401 g/mol. The number of hydrogen-bond donors (Lipinski definition) is 1. The van der Waals surface area contributed by atoms with E-state index in [0.717, 1.165) is 39.1 Å². The first kappa shape index (κ1) is 20.9. The SMILES string of the molecule is COc1ccc(-c2ccc(-c3ccc(OC)c(C)c3)c(C#N)c2)c(CCC(=O)O)c1. The molecule has 0 saturated heterocycles. The number of rotatable bonds is 7. The van der Waals surface area contributed by atoms with Gasteiger partial charge in [-0.3, -0.25) is 4.79 Å². The van der Waals surface area contributed by atoms with E-state index in [1.54, 1.807) is 14.2 Å². The van der Waals surface area contributed by atoms with Crippen molar-refractivity contribution in [3.8, 4) is 39.8 Å². The first-order valence-electron chi connectivity index (χ1n) is 9.55. The smallest absolute Gasteiger partial charge is 0.303 e. The van der Waals surface area contributed by atoms with Gasteiger partial charge in [-0.2, -0.15) is 5.26 Å². The molecule has 0 fully saturated rings. The monoisotopic (exact) mass is 401 g/mol. The van der Waals surface area contributed by atoms with Crippen LogP contribution in [0, 0.1) is 18.3 Å². The molecule has 30 heavy (non-hydrogen) atoms. The normalized spacial score (nSPS) is 10.3. The second-order valence-electron chi connectivity index (χ2n) is 6.97. The maximum Gasteiger partial charge on any atom is 0.303 e. The minimum Gasteiger partial charge on any atom is -0.497 e. The fourth-order valence-corrected chi connectivity index (χ4v) is 3.53. The van der Waals surface area contributed by atoms with E-state index in [1.807, 2.05) is 61.5 Å². The fraction of sp³-hybridized carbons (Fsp3) is 0.200. The number of methoxy groups -OCH3 is 2. The lowest BCUT2D eigenvalue weighted by molar-refractivity contribution is -0.136. The lowest BCUT2D eigenvalue weighted by Crippen LogP contribution is -2.00. The molecule has 3 aromatic carbocycles. The summed E-state index contributed by atoms with van der Waals surface area (Å²) in [5, 5.41) is 18.9. The molecule has 0 aromatic heterocycles. The maximum absolute atomic E-state index is 11.1. The number of ether oxygens (including phenoxy) is 2. The second-order valence-corrected chi connectivity index (χ2v) is 6.97. The molecule has 0 unspecified atom stereocenters. The van der Waals surface area contributed by atoms with Gasteiger partial charge in [0.1, 0.15) is 11.5 Å². The van der Waals surface area contributed by atoms with Crippen LogP contribution in [0.15, 0.2) is 54.6 Å². The van der Waals surface area contributed by atoms with Gasteiger partial charge in [0.15, 0.2) is 0 Å². The molecular formula is C25H23NO4. The van der Waals surface area contributed by atoms with Gasteiger partial charge in [0.2, 0.25) is 0 Å². The Hall–Kier alpha value is -3.78. The molecule has 5 nitrogen and oxygen atoms in total. The van der Waals surface area contributed by atoms with Gasteiger partial charge >= 0.3 is 5.97 Å². The summed E-state index contributed by atoms with van der Waals surface area (Å²) in [5.41, 5.74) is 5.96. The second kappa shape index (κ2) is 9.15. The number of carboxylic acids is 1. The molecule has 3 rings (SSSR count). The molecule has 0 aliphatic heterocycles. The Morgan fingerprint density at radius 1 is 0.967 bits per heavy atom. The third-order valence-corrected chi connectivity index (χ3v) is 5.08. The van der Waals surface area contributed by atoms with Gasteiger partial charge in [0.25, 0.3) is 0 Å². The number of nitrogens with zero attached hydrogens (tertiary/aromatic N) is 1. The van der Waals surface area contributed by atoms with Crippen molar-refractivity contribution in [3.05, 3.63) is 71.3 Å². The highest BCUT2D eigenvalue weighted by Gasteiger charge is 2.13. The van der Waals surface area contributed by atoms with E-state index < -0.39 is 5.97 Å². The summed E-state index contributed by atoms with van der Waals surface area (Å²) in [6.07, 6.45) is 0.400. The van der Waals surface area contributed by atoms with Gasteiger partial charge < -0.3 is 14.6 Å². The van der Waals surface area contributed by atoms with E-state index >= 15 is 0 Å². The molecule has 0 aliphatic carbocycles. The highest BCUT2D eigenvalue weighted by atomic mass is 16.5. The van der Waals surface area contributed by atoms with Crippen LogP contribution in [0.1, 0.15) is 23.1 Å². The van der Waals surface area contributed by atoms with Crippen LogP contribution in [0.5, 0.6) is 11.5 Å². The minimum absolute atomic E-state index is 0.0223. The standard InChI is InChI=1S/C25H23NO4/c1-16-12-17(5-10-24(16)30-3)23-8-4-18(13-20(23)15-26)22-9-7-21(29-2)14-19(22)6-11-25(27)28/h4-5,7-10,12-14H,6,11H2,1-3H3,(H,27,28). The predicted molar refractivity (Wildman–Crippen MR) is 116 cm³/mol. The van der Waals surface area contributed by atoms with Crippen molar-refractivity contribution in [3.63, 3.8) is 0 Å². The predicted octanol–water partition coefficient (Wildman–Crippen LogP) is 5.24. The number of benzene rings is 3. The van der Waals surface area contributed by atoms with Crippen LogP contribution in [0.2, 0.25) is 0 Å². The number of carbonyl (C=O) groups is 1. The van der Waals surface area contributed by atoms with Crippen molar-refractivity contribution < 1.29 is 19.4 Å². The quantitative estimate of drug-likeness (QED) is 0.586. The highest BCUT2D eigenvalue weighted by molar-refractivity contribution is 5.78. The van der Waals surface area contributed by atoms with Crippen LogP contribution >= 0.6 is 0 Å². The molecule has 152 valence electrons. The molecule has 0 saturated carbocycles. The Labute approximate surface area is 176 Å². The van der Waals surface area contributed by atoms with Gasteiger partial charge in [-0.25, -0.2) is 0 Å². The summed E-state index contributed by atoms with van der Waals surface area (Å²) in [4.78, 5) is 11.1. The number of carboxylic acid groups (broad SMARTS) is 1. The van der Waals surface area contributed by atoms with Gasteiger partial charge in [0, 0.05) is 6.42 Å². The third kappa shape index (κ3) is 4.44. The van der Waals surface area contributed by atoms with Crippen molar-refractivity contribution in [2.24, 2.45) is 0 Å². The van der Waals surface area contributed by atoms with Gasteiger partial charge in [-0.1, -0.05) is 24.3 Å². The zero-order valence-electron chi connectivity index (χ0n) is 17.2. The molecule has 0 spiro atoms. The van der Waals surface area contributed by atoms with E-state index in [-0.39, 0.29) is 6.42 Å². The molecule has 3 aromatic rings. The molecule has 0 aliphatic rings. The van der Waals surface area contributed by atoms with Crippen molar-refractivity contribution >= 4 is 5.97 Å². The van der Waals surface area contributed by atoms with Crippen LogP contribution in [-0.4, -0.2) is 25.3 Å². The Morgan fingerprint density at radius 3 is 2.30 bits per heavy atom. The molecule has 5 heteroatoms. The Kier molecular flexibility index (Phi) is 6.38. The number of nitriles is 1. The fourth-order valence-electron chi connectivity index (χ4n) is 3.53. The van der Waals surface area contributed by atoms with Gasteiger partial charge in [0.05, 0.1) is 25.9 Å². The molecule has 0 atom stereocenters. The van der Waals surface area contributed by atoms with E-state index in [4.69, 9.17) is 14.6 Å². The van der Waals surface area contributed by atoms with Gasteiger partial charge in [-0.05, 0) is 77.1 Å². The minimum atomic E-state index is -0.855. The van der Waals surface area contributed by atoms with Crippen molar-refractivity contribution in [1.82, 2.24) is 0 Å². The topological polar surface area (TPSA) is 79.5 Å². The molecule has 1 N–H and O–H groups in total. The number of aliphatic carboxylic acids is 1. The third-order valence-electron chi connectivity index (χ3n) is 5.08. The molecule has 0 bridgehead atoms. The highest BCUT2D eigenvalue weighted by Crippen LogP contribution is 2.34. The number of hydrogen-bond acceptors (Lipinski definition) is 4. The molecular weight excluding hydrogens is 378 g/mol. The largest absolute Gasteiger partial charge is 0.497 e. The first-order valence-corrected chi connectivity index (χ1v) is 9.55. The Bertz CT molecular complexity index is 1130.